The van der Waals surface area contributed by atoms with Crippen molar-refractivity contribution >= 4 is 17.8 Å². The number of nitrogens with zero attached hydrogens (tertiary/aromatic N) is 1. The van der Waals surface area contributed by atoms with Gasteiger partial charge in [0.2, 0.25) is 5.91 Å². The predicted octanol–water partition coefficient (Wildman–Crippen LogP) is -0.0956. The van der Waals surface area contributed by atoms with Crippen LogP contribution in [0.2, 0.25) is 0 Å². The van der Waals surface area contributed by atoms with Crippen LogP contribution in [-0.2, 0) is 4.79 Å². The molecule has 78 valence electrons. The van der Waals surface area contributed by atoms with Crippen molar-refractivity contribution < 1.29 is 9.59 Å². The number of imide groups is 1. The van der Waals surface area contributed by atoms with E-state index in [4.69, 9.17) is 5.84 Å². The second-order valence-electron chi connectivity index (χ2n) is 3.18. The number of hydrogen-bond acceptors (Lipinski definition) is 4. The van der Waals surface area contributed by atoms with Crippen molar-refractivity contribution in [3.05, 3.63) is 0 Å². The first-order valence-corrected chi connectivity index (χ1v) is 4.51. The normalized spacial score (nSPS) is 23.1. The Morgan fingerprint density at radius 1 is 1.29 bits per heavy atom. The summed E-state index contributed by atoms with van der Waals surface area (Å²) in [6.45, 7) is 3.71. The molecule has 0 spiro atoms. The summed E-state index contributed by atoms with van der Waals surface area (Å²) in [4.78, 5) is 22.6. The molecule has 14 heavy (non-hydrogen) atoms. The molecule has 0 aliphatic carbocycles. The molecule has 0 saturated carbocycles. The third kappa shape index (κ3) is 1.32. The number of nitrogens with one attached hydrogen (secondary N) is 2. The summed E-state index contributed by atoms with van der Waals surface area (Å²) in [6.07, 6.45) is 1.09. The fourth-order valence-electron chi connectivity index (χ4n) is 1.65. The summed E-state index contributed by atoms with van der Waals surface area (Å²) in [7, 11) is 0. The van der Waals surface area contributed by atoms with E-state index in [0.717, 1.165) is 0 Å². The molecule has 1 rings (SSSR count). The summed E-state index contributed by atoms with van der Waals surface area (Å²) in [5.74, 6) is 5.06. The van der Waals surface area contributed by atoms with E-state index in [-0.39, 0.29) is 11.7 Å². The summed E-state index contributed by atoms with van der Waals surface area (Å²) in [5.41, 5.74) is -0.789. The fraction of sp³-hybridized carbons (Fsp3) is 0.625. The van der Waals surface area contributed by atoms with Gasteiger partial charge in [0.1, 0.15) is 11.3 Å². The van der Waals surface area contributed by atoms with Gasteiger partial charge in [-0.25, -0.2) is 4.79 Å². The van der Waals surface area contributed by atoms with Crippen LogP contribution in [0.3, 0.4) is 0 Å². The molecule has 6 nitrogen and oxygen atoms in total. The second-order valence-corrected chi connectivity index (χ2v) is 3.18. The van der Waals surface area contributed by atoms with Gasteiger partial charge in [-0.05, 0) is 12.8 Å². The largest absolute Gasteiger partial charge is 0.326 e. The molecule has 0 aromatic rings. The van der Waals surface area contributed by atoms with Crippen LogP contribution >= 0.6 is 0 Å². The molecule has 4 N–H and O–H groups in total. The van der Waals surface area contributed by atoms with Crippen LogP contribution in [0.5, 0.6) is 0 Å². The van der Waals surface area contributed by atoms with Gasteiger partial charge >= 0.3 is 6.03 Å². The SMILES string of the molecule is CCC1(CC)C(=O)NC(=O)N/C1=N/N. The maximum atomic E-state index is 11.6. The molecule has 0 radical (unpaired) electrons. The third-order valence-corrected chi connectivity index (χ3v) is 2.68. The van der Waals surface area contributed by atoms with E-state index in [1.54, 1.807) is 0 Å². The summed E-state index contributed by atoms with van der Waals surface area (Å²) < 4.78 is 0. The Kier molecular flexibility index (Phi) is 2.73. The van der Waals surface area contributed by atoms with Crippen LogP contribution < -0.4 is 16.5 Å². The standard InChI is InChI=1S/C8H14N4O2/c1-3-8(4-2)5(12-9)10-7(14)11-6(8)13/h3-4,9H2,1-2H3,(H2,10,11,12,13,14). The average molecular weight is 198 g/mol. The van der Waals surface area contributed by atoms with Crippen LogP contribution in [0.4, 0.5) is 4.79 Å². The van der Waals surface area contributed by atoms with Crippen LogP contribution in [-0.4, -0.2) is 17.8 Å². The highest BCUT2D eigenvalue weighted by Gasteiger charge is 2.45. The molecule has 1 aliphatic rings. The van der Waals surface area contributed by atoms with Gasteiger partial charge in [0.25, 0.3) is 0 Å². The van der Waals surface area contributed by atoms with Gasteiger partial charge in [-0.2, -0.15) is 5.10 Å². The molecular formula is C8H14N4O2. The highest BCUT2D eigenvalue weighted by Crippen LogP contribution is 2.29. The second kappa shape index (κ2) is 3.65. The zero-order valence-corrected chi connectivity index (χ0v) is 8.26. The average Bonchev–Trinajstić information content (AvgIpc) is 2.17. The maximum Gasteiger partial charge on any atom is 0.326 e. The van der Waals surface area contributed by atoms with Crippen molar-refractivity contribution in [1.82, 2.24) is 10.6 Å². The molecule has 1 aliphatic heterocycles. The first kappa shape index (κ1) is 10.5. The molecule has 0 atom stereocenters. The van der Waals surface area contributed by atoms with Gasteiger partial charge in [-0.3, -0.25) is 15.4 Å². The lowest BCUT2D eigenvalue weighted by Gasteiger charge is -2.34. The Morgan fingerprint density at radius 2 is 1.86 bits per heavy atom. The third-order valence-electron chi connectivity index (χ3n) is 2.68. The van der Waals surface area contributed by atoms with Crippen LogP contribution in [0, 0.1) is 5.41 Å². The van der Waals surface area contributed by atoms with Crippen LogP contribution in [0.15, 0.2) is 5.10 Å². The summed E-state index contributed by atoms with van der Waals surface area (Å²) in [5, 5.41) is 8.12. The minimum atomic E-state index is -0.789. The fourth-order valence-corrected chi connectivity index (χ4v) is 1.65. The van der Waals surface area contributed by atoms with Crippen LogP contribution in [0.1, 0.15) is 26.7 Å². The molecule has 6 heteroatoms. The van der Waals surface area contributed by atoms with Gasteiger partial charge in [0.05, 0.1) is 0 Å². The first-order chi connectivity index (χ1) is 6.60. The van der Waals surface area contributed by atoms with E-state index in [2.05, 4.69) is 15.7 Å². The van der Waals surface area contributed by atoms with E-state index >= 15 is 0 Å². The predicted molar refractivity (Wildman–Crippen MR) is 51.3 cm³/mol. The number of nitrogens with two attached hydrogens (primary N) is 1. The van der Waals surface area contributed by atoms with E-state index in [9.17, 15) is 9.59 Å². The van der Waals surface area contributed by atoms with Crippen molar-refractivity contribution in [2.75, 3.05) is 0 Å². The number of carbonyl (C=O) groups excluding carboxylic acids is 2. The monoisotopic (exact) mass is 198 g/mol. The molecule has 1 saturated heterocycles. The number of urea groups is 1. The highest BCUT2D eigenvalue weighted by atomic mass is 16.2. The maximum absolute atomic E-state index is 11.6. The zero-order chi connectivity index (χ0) is 10.8. The quantitative estimate of drug-likeness (QED) is 0.427. The van der Waals surface area contributed by atoms with E-state index in [1.807, 2.05) is 13.8 Å². The Bertz CT molecular complexity index is 294. The van der Waals surface area contributed by atoms with Gasteiger partial charge in [-0.15, -0.1) is 0 Å². The number of rotatable bonds is 2. The molecule has 1 fully saturated rings. The molecule has 0 bridgehead atoms. The lowest BCUT2D eigenvalue weighted by molar-refractivity contribution is -0.127. The number of hydrazone groups is 1. The number of amides is 3. The van der Waals surface area contributed by atoms with Gasteiger partial charge in [-0.1, -0.05) is 13.8 Å². The Morgan fingerprint density at radius 3 is 2.29 bits per heavy atom. The van der Waals surface area contributed by atoms with Crippen molar-refractivity contribution in [3.63, 3.8) is 0 Å². The van der Waals surface area contributed by atoms with E-state index < -0.39 is 11.4 Å². The Balaban J connectivity index is 3.12. The topological polar surface area (TPSA) is 96.6 Å². The van der Waals surface area contributed by atoms with E-state index in [0.29, 0.717) is 12.8 Å². The van der Waals surface area contributed by atoms with Crippen LogP contribution in [0.25, 0.3) is 0 Å². The zero-order valence-electron chi connectivity index (χ0n) is 8.26. The van der Waals surface area contributed by atoms with Crippen molar-refractivity contribution in [2.45, 2.75) is 26.7 Å². The minimum absolute atomic E-state index is 0.247. The number of hydrogen-bond donors (Lipinski definition) is 3. The molecule has 3 amide bonds. The number of carbonyl (C=O) groups is 2. The van der Waals surface area contributed by atoms with Gasteiger partial charge < -0.3 is 5.84 Å². The molecule has 1 heterocycles. The summed E-state index contributed by atoms with van der Waals surface area (Å²) in [6, 6.07) is -0.572. The van der Waals surface area contributed by atoms with Gasteiger partial charge in [0.15, 0.2) is 0 Å². The molecule has 0 unspecified atom stereocenters. The van der Waals surface area contributed by atoms with Crippen molar-refractivity contribution in [3.8, 4) is 0 Å². The van der Waals surface area contributed by atoms with Crippen molar-refractivity contribution in [2.24, 2.45) is 16.4 Å². The molecule has 0 aromatic carbocycles. The Hall–Kier alpha value is -1.59. The number of amidine groups is 1. The Labute approximate surface area is 81.9 Å². The lowest BCUT2D eigenvalue weighted by Crippen LogP contribution is -2.62. The minimum Gasteiger partial charge on any atom is -0.322 e. The molecule has 0 aromatic heterocycles. The smallest absolute Gasteiger partial charge is 0.322 e. The van der Waals surface area contributed by atoms with E-state index in [1.165, 1.54) is 0 Å². The lowest BCUT2D eigenvalue weighted by atomic mass is 9.79. The van der Waals surface area contributed by atoms with Gasteiger partial charge in [0, 0.05) is 0 Å². The summed E-state index contributed by atoms with van der Waals surface area (Å²) >= 11 is 0. The molecular weight excluding hydrogens is 184 g/mol. The first-order valence-electron chi connectivity index (χ1n) is 4.51. The highest BCUT2D eigenvalue weighted by molar-refractivity contribution is 6.20. The van der Waals surface area contributed by atoms with Crippen molar-refractivity contribution in [1.29, 1.82) is 0 Å².